The van der Waals surface area contributed by atoms with Crippen LogP contribution < -0.4 is 0 Å². The van der Waals surface area contributed by atoms with Crippen molar-refractivity contribution in [1.82, 2.24) is 9.34 Å². The fraction of sp³-hybridized carbons (Fsp3) is 1.00. The Hall–Kier alpha value is 0.310. The Morgan fingerprint density at radius 1 is 0.640 bits per heavy atom. The second-order valence-electron chi connectivity index (χ2n) is 8.40. The number of nitrogens with zero attached hydrogens (tertiary/aromatic N) is 2. The third-order valence-electron chi connectivity index (χ3n) is 4.51. The van der Waals surface area contributed by atoms with E-state index in [0.717, 1.165) is 0 Å². The van der Waals surface area contributed by atoms with Crippen LogP contribution in [0.15, 0.2) is 0 Å². The normalized spacial score (nSPS) is 13.2. The van der Waals surface area contributed by atoms with Crippen LogP contribution >= 0.6 is 8.45 Å². The molecule has 0 heterocycles. The lowest BCUT2D eigenvalue weighted by atomic mass is 10.1. The molecule has 0 aliphatic heterocycles. The molecule has 0 spiro atoms. The lowest BCUT2D eigenvalue weighted by Crippen LogP contribution is -2.44. The van der Waals surface area contributed by atoms with Gasteiger partial charge >= 0.3 is 0 Å². The molecule has 0 radical (unpaired) electrons. The molecule has 25 heavy (non-hydrogen) atoms. The molecule has 0 atom stereocenters. The average Bonchev–Trinajstić information content (AvgIpc) is 2.48. The van der Waals surface area contributed by atoms with Crippen LogP contribution in [0.4, 0.5) is 0 Å². The van der Waals surface area contributed by atoms with Gasteiger partial charge in [-0.3, -0.25) is 0 Å². The highest BCUT2D eigenvalue weighted by Gasteiger charge is 2.35. The van der Waals surface area contributed by atoms with Gasteiger partial charge in [-0.1, -0.05) is 39.5 Å². The van der Waals surface area contributed by atoms with Gasteiger partial charge in [0.1, 0.15) is 0 Å². The van der Waals surface area contributed by atoms with E-state index < -0.39 is 8.45 Å². The van der Waals surface area contributed by atoms with Gasteiger partial charge in [-0.05, 0) is 68.2 Å². The first-order valence-electron chi connectivity index (χ1n) is 10.7. The predicted octanol–water partition coefficient (Wildman–Crippen LogP) is 7.22. The van der Waals surface area contributed by atoms with Gasteiger partial charge in [0.05, 0.1) is 6.10 Å². The third-order valence-corrected chi connectivity index (χ3v) is 7.64. The lowest BCUT2D eigenvalue weighted by molar-refractivity contribution is 0.128. The van der Waals surface area contributed by atoms with Gasteiger partial charge in [0.25, 0.3) is 0 Å². The molecule has 0 aromatic rings. The van der Waals surface area contributed by atoms with E-state index in [0.29, 0.717) is 30.3 Å². The van der Waals surface area contributed by atoms with Gasteiger partial charge in [0.15, 0.2) is 8.45 Å². The van der Waals surface area contributed by atoms with Crippen molar-refractivity contribution < 1.29 is 4.52 Å². The largest absolute Gasteiger partial charge is 0.328 e. The Morgan fingerprint density at radius 3 is 1.20 bits per heavy atom. The Morgan fingerprint density at radius 2 is 0.960 bits per heavy atom. The summed E-state index contributed by atoms with van der Waals surface area (Å²) in [7, 11) is -0.751. The molecule has 152 valence electrons. The molecule has 0 fully saturated rings. The second-order valence-corrected chi connectivity index (χ2v) is 10.0. The van der Waals surface area contributed by atoms with Crippen molar-refractivity contribution in [3.05, 3.63) is 0 Å². The van der Waals surface area contributed by atoms with E-state index in [1.54, 1.807) is 0 Å². The molecule has 0 aromatic heterocycles. The zero-order valence-electron chi connectivity index (χ0n) is 18.9. The van der Waals surface area contributed by atoms with Crippen LogP contribution in [0.3, 0.4) is 0 Å². The highest BCUT2D eigenvalue weighted by atomic mass is 31.2. The van der Waals surface area contributed by atoms with E-state index >= 15 is 0 Å². The number of hydrogen-bond donors (Lipinski definition) is 0. The zero-order chi connectivity index (χ0) is 19.6. The van der Waals surface area contributed by atoms with E-state index in [-0.39, 0.29) is 0 Å². The standard InChI is InChI=1S/C21H47N2OP/c1-11-13-15-21(16-14-12-2)24-25(22(17(3)4)18(5)6)23(19(7)8)20(9)10/h17-21H,11-16H2,1-10H3. The Labute approximate surface area is 160 Å². The summed E-state index contributed by atoms with van der Waals surface area (Å²) in [5.74, 6) is 0. The summed E-state index contributed by atoms with van der Waals surface area (Å²) in [6, 6.07) is 1.96. The topological polar surface area (TPSA) is 15.7 Å². The van der Waals surface area contributed by atoms with Crippen molar-refractivity contribution in [2.45, 2.75) is 138 Å². The minimum absolute atomic E-state index is 0.394. The van der Waals surface area contributed by atoms with Crippen molar-refractivity contribution in [2.75, 3.05) is 0 Å². The minimum Gasteiger partial charge on any atom is -0.328 e. The van der Waals surface area contributed by atoms with Crippen LogP contribution in [-0.4, -0.2) is 39.6 Å². The molecule has 0 N–H and O–H groups in total. The first-order chi connectivity index (χ1) is 11.7. The van der Waals surface area contributed by atoms with Gasteiger partial charge in [-0.2, -0.15) is 0 Å². The summed E-state index contributed by atoms with van der Waals surface area (Å²) < 4.78 is 12.2. The fourth-order valence-electron chi connectivity index (χ4n) is 3.46. The van der Waals surface area contributed by atoms with Crippen molar-refractivity contribution in [1.29, 1.82) is 0 Å². The molecular weight excluding hydrogens is 327 g/mol. The number of hydrogen-bond acceptors (Lipinski definition) is 3. The summed E-state index contributed by atoms with van der Waals surface area (Å²) in [5, 5.41) is 0. The summed E-state index contributed by atoms with van der Waals surface area (Å²) in [5.41, 5.74) is 0. The summed E-state index contributed by atoms with van der Waals surface area (Å²) >= 11 is 0. The molecule has 4 heteroatoms. The van der Waals surface area contributed by atoms with E-state index in [9.17, 15) is 0 Å². The highest BCUT2D eigenvalue weighted by Crippen LogP contribution is 2.52. The maximum Gasteiger partial charge on any atom is 0.189 e. The van der Waals surface area contributed by atoms with Gasteiger partial charge in [-0.25, -0.2) is 9.34 Å². The van der Waals surface area contributed by atoms with E-state index in [4.69, 9.17) is 4.52 Å². The molecule has 3 nitrogen and oxygen atoms in total. The van der Waals surface area contributed by atoms with E-state index in [2.05, 4.69) is 78.6 Å². The monoisotopic (exact) mass is 374 g/mol. The predicted molar refractivity (Wildman–Crippen MR) is 115 cm³/mol. The van der Waals surface area contributed by atoms with Crippen LogP contribution in [0.5, 0.6) is 0 Å². The van der Waals surface area contributed by atoms with Gasteiger partial charge in [-0.15, -0.1) is 0 Å². The molecular formula is C21H47N2OP. The first-order valence-corrected chi connectivity index (χ1v) is 11.9. The van der Waals surface area contributed by atoms with Crippen LogP contribution in [0, 0.1) is 0 Å². The van der Waals surface area contributed by atoms with Crippen LogP contribution in [0.1, 0.15) is 108 Å². The van der Waals surface area contributed by atoms with Crippen LogP contribution in [0.25, 0.3) is 0 Å². The van der Waals surface area contributed by atoms with Gasteiger partial charge in [0, 0.05) is 24.2 Å². The molecule has 0 aliphatic carbocycles. The quantitative estimate of drug-likeness (QED) is 0.299. The number of unbranched alkanes of at least 4 members (excludes halogenated alkanes) is 2. The highest BCUT2D eigenvalue weighted by molar-refractivity contribution is 7.47. The average molecular weight is 375 g/mol. The smallest absolute Gasteiger partial charge is 0.189 e. The summed E-state index contributed by atoms with van der Waals surface area (Å²) in [6.45, 7) is 23.0. The molecule has 0 saturated carbocycles. The molecule has 0 aromatic carbocycles. The summed E-state index contributed by atoms with van der Waals surface area (Å²) in [6.07, 6.45) is 7.83. The van der Waals surface area contributed by atoms with Crippen LogP contribution in [0.2, 0.25) is 0 Å². The van der Waals surface area contributed by atoms with E-state index in [1.807, 2.05) is 0 Å². The minimum atomic E-state index is -0.751. The zero-order valence-corrected chi connectivity index (χ0v) is 19.8. The maximum atomic E-state index is 6.94. The van der Waals surface area contributed by atoms with Crippen molar-refractivity contribution in [3.8, 4) is 0 Å². The van der Waals surface area contributed by atoms with Crippen molar-refractivity contribution in [2.24, 2.45) is 0 Å². The molecule has 0 unspecified atom stereocenters. The fourth-order valence-corrected chi connectivity index (χ4v) is 5.97. The van der Waals surface area contributed by atoms with Crippen molar-refractivity contribution >= 4 is 8.45 Å². The molecule has 0 amide bonds. The summed E-state index contributed by atoms with van der Waals surface area (Å²) in [4.78, 5) is 0. The Kier molecular flexibility index (Phi) is 13.6. The number of rotatable bonds is 14. The van der Waals surface area contributed by atoms with Gasteiger partial charge < -0.3 is 4.52 Å². The SMILES string of the molecule is CCCCC(CCCC)OP(N(C(C)C)C(C)C)N(C(C)C)C(C)C. The maximum absolute atomic E-state index is 6.94. The first kappa shape index (κ1) is 25.3. The van der Waals surface area contributed by atoms with E-state index in [1.165, 1.54) is 38.5 Å². The second kappa shape index (κ2) is 13.5. The molecule has 0 saturated heterocycles. The Bertz CT molecular complexity index is 277. The molecule has 0 bridgehead atoms. The Balaban J connectivity index is 5.57. The third kappa shape index (κ3) is 9.18. The van der Waals surface area contributed by atoms with Gasteiger partial charge in [0.2, 0.25) is 0 Å². The van der Waals surface area contributed by atoms with Crippen LogP contribution in [-0.2, 0) is 4.52 Å². The lowest BCUT2D eigenvalue weighted by Gasteiger charge is -2.47. The van der Waals surface area contributed by atoms with Crippen molar-refractivity contribution in [3.63, 3.8) is 0 Å². The molecule has 0 aliphatic rings. The molecule has 0 rings (SSSR count).